The van der Waals surface area contributed by atoms with Gasteiger partial charge in [-0.25, -0.2) is 0 Å². The molecule has 28 heavy (non-hydrogen) atoms. The fourth-order valence-corrected chi connectivity index (χ4v) is 3.73. The Balaban J connectivity index is 2.00. The molecule has 2 unspecified atom stereocenters. The van der Waals surface area contributed by atoms with Crippen LogP contribution < -0.4 is 0 Å². The van der Waals surface area contributed by atoms with Crippen molar-refractivity contribution < 1.29 is 18.3 Å². The van der Waals surface area contributed by atoms with E-state index in [-0.39, 0.29) is 22.7 Å². The van der Waals surface area contributed by atoms with Gasteiger partial charge in [0.25, 0.3) is 0 Å². The molecule has 1 heterocycles. The summed E-state index contributed by atoms with van der Waals surface area (Å²) in [4.78, 5) is 0. The second-order valence-corrected chi connectivity index (χ2v) is 7.41. The van der Waals surface area contributed by atoms with Crippen molar-refractivity contribution >= 4 is 23.2 Å². The van der Waals surface area contributed by atoms with Gasteiger partial charge in [0, 0.05) is 27.7 Å². The molecule has 0 aliphatic rings. The van der Waals surface area contributed by atoms with Crippen LogP contribution in [0, 0.1) is 0 Å². The number of benzene rings is 2. The van der Waals surface area contributed by atoms with Crippen LogP contribution in [0.5, 0.6) is 0 Å². The second kappa shape index (κ2) is 7.78. The monoisotopic (exact) mass is 428 g/mol. The minimum absolute atomic E-state index is 0.0550. The third-order valence-electron chi connectivity index (χ3n) is 4.75. The molecule has 3 rings (SSSR count). The standard InChI is InChI=1S/C20H17Cl2F3N2O/c1-13(17-8-7-16(21)9-18(17)22)19(28,20(23,24)25)15-10-26-27(12-15)11-14-5-3-2-4-6-14/h2-10,12-13,28H,11H2,1H3. The van der Waals surface area contributed by atoms with Crippen LogP contribution in [0.2, 0.25) is 10.0 Å². The van der Waals surface area contributed by atoms with E-state index < -0.39 is 17.7 Å². The van der Waals surface area contributed by atoms with Gasteiger partial charge in [-0.15, -0.1) is 0 Å². The Morgan fingerprint density at radius 3 is 2.39 bits per heavy atom. The Hall–Kier alpha value is -2.02. The number of nitrogens with zero attached hydrogens (tertiary/aromatic N) is 2. The van der Waals surface area contributed by atoms with Crippen molar-refractivity contribution in [3.8, 4) is 0 Å². The Morgan fingerprint density at radius 2 is 1.79 bits per heavy atom. The average molecular weight is 429 g/mol. The zero-order chi connectivity index (χ0) is 20.5. The number of aliphatic hydroxyl groups is 1. The Kier molecular flexibility index (Phi) is 5.75. The SMILES string of the molecule is CC(c1ccc(Cl)cc1Cl)C(O)(c1cnn(Cc2ccccc2)c1)C(F)(F)F. The first kappa shape index (κ1) is 20.7. The fraction of sp³-hybridized carbons (Fsp3) is 0.250. The molecular weight excluding hydrogens is 412 g/mol. The van der Waals surface area contributed by atoms with Crippen molar-refractivity contribution in [3.05, 3.63) is 87.7 Å². The first-order chi connectivity index (χ1) is 13.1. The van der Waals surface area contributed by atoms with E-state index in [0.717, 1.165) is 11.8 Å². The summed E-state index contributed by atoms with van der Waals surface area (Å²) in [6, 6.07) is 13.4. The minimum Gasteiger partial charge on any atom is -0.376 e. The molecule has 0 aliphatic carbocycles. The Bertz CT molecular complexity index is 960. The normalized spacial score (nSPS) is 15.2. The van der Waals surface area contributed by atoms with Crippen LogP contribution in [0.4, 0.5) is 13.2 Å². The molecule has 0 saturated carbocycles. The summed E-state index contributed by atoms with van der Waals surface area (Å²) in [5.74, 6) is -1.38. The zero-order valence-corrected chi connectivity index (χ0v) is 16.3. The third kappa shape index (κ3) is 3.90. The maximum absolute atomic E-state index is 14.0. The van der Waals surface area contributed by atoms with Crippen LogP contribution in [0.1, 0.15) is 29.5 Å². The number of aromatic nitrogens is 2. The number of halogens is 5. The molecule has 1 aromatic heterocycles. The molecule has 2 aromatic carbocycles. The van der Waals surface area contributed by atoms with Gasteiger partial charge in [0.05, 0.1) is 12.7 Å². The topological polar surface area (TPSA) is 38.1 Å². The lowest BCUT2D eigenvalue weighted by Gasteiger charge is -2.35. The summed E-state index contributed by atoms with van der Waals surface area (Å²) < 4.78 is 43.4. The maximum Gasteiger partial charge on any atom is 0.422 e. The maximum atomic E-state index is 14.0. The quantitative estimate of drug-likeness (QED) is 0.558. The Morgan fingerprint density at radius 1 is 1.11 bits per heavy atom. The van der Waals surface area contributed by atoms with Crippen molar-refractivity contribution in [2.75, 3.05) is 0 Å². The molecule has 0 fully saturated rings. The highest BCUT2D eigenvalue weighted by atomic mass is 35.5. The summed E-state index contributed by atoms with van der Waals surface area (Å²) in [6.07, 6.45) is -2.70. The largest absolute Gasteiger partial charge is 0.422 e. The third-order valence-corrected chi connectivity index (χ3v) is 5.31. The molecule has 3 nitrogen and oxygen atoms in total. The van der Waals surface area contributed by atoms with E-state index in [1.165, 1.54) is 36.0 Å². The summed E-state index contributed by atoms with van der Waals surface area (Å²) in [5.41, 5.74) is -2.50. The molecule has 0 spiro atoms. The molecule has 1 N–H and O–H groups in total. The highest BCUT2D eigenvalue weighted by molar-refractivity contribution is 6.35. The van der Waals surface area contributed by atoms with Gasteiger partial charge in [0.1, 0.15) is 0 Å². The van der Waals surface area contributed by atoms with Crippen molar-refractivity contribution in [3.63, 3.8) is 0 Å². The molecule has 2 atom stereocenters. The minimum atomic E-state index is -4.95. The van der Waals surface area contributed by atoms with Crippen molar-refractivity contribution in [2.24, 2.45) is 0 Å². The summed E-state index contributed by atoms with van der Waals surface area (Å²) in [5, 5.41) is 15.2. The van der Waals surface area contributed by atoms with Gasteiger partial charge in [-0.1, -0.05) is 66.5 Å². The van der Waals surface area contributed by atoms with Gasteiger partial charge in [-0.3, -0.25) is 4.68 Å². The number of rotatable bonds is 5. The summed E-state index contributed by atoms with van der Waals surface area (Å²) in [6.45, 7) is 1.56. The van der Waals surface area contributed by atoms with E-state index in [9.17, 15) is 18.3 Å². The Labute approximate surface area is 170 Å². The van der Waals surface area contributed by atoms with E-state index in [1.54, 1.807) is 0 Å². The van der Waals surface area contributed by atoms with Gasteiger partial charge >= 0.3 is 6.18 Å². The van der Waals surface area contributed by atoms with E-state index >= 15 is 0 Å². The lowest BCUT2D eigenvalue weighted by atomic mass is 9.79. The van der Waals surface area contributed by atoms with E-state index in [2.05, 4.69) is 5.10 Å². The van der Waals surface area contributed by atoms with Gasteiger partial charge in [-0.2, -0.15) is 18.3 Å². The van der Waals surface area contributed by atoms with E-state index in [1.807, 2.05) is 30.3 Å². The summed E-state index contributed by atoms with van der Waals surface area (Å²) >= 11 is 11.9. The molecular formula is C20H17Cl2F3N2O. The zero-order valence-electron chi connectivity index (χ0n) is 14.8. The number of hydrogen-bond acceptors (Lipinski definition) is 2. The summed E-state index contributed by atoms with van der Waals surface area (Å²) in [7, 11) is 0. The second-order valence-electron chi connectivity index (χ2n) is 6.56. The van der Waals surface area contributed by atoms with Crippen LogP contribution in [-0.4, -0.2) is 21.1 Å². The van der Waals surface area contributed by atoms with E-state index in [0.29, 0.717) is 5.02 Å². The van der Waals surface area contributed by atoms with Crippen LogP contribution in [0.3, 0.4) is 0 Å². The highest BCUT2D eigenvalue weighted by Crippen LogP contribution is 2.49. The fourth-order valence-electron chi connectivity index (χ4n) is 3.15. The molecule has 0 amide bonds. The molecule has 8 heteroatoms. The van der Waals surface area contributed by atoms with E-state index in [4.69, 9.17) is 23.2 Å². The molecule has 0 bridgehead atoms. The highest BCUT2D eigenvalue weighted by Gasteiger charge is 2.59. The van der Waals surface area contributed by atoms with Gasteiger partial charge in [-0.05, 0) is 23.3 Å². The van der Waals surface area contributed by atoms with Gasteiger partial charge < -0.3 is 5.11 Å². The molecule has 3 aromatic rings. The first-order valence-corrected chi connectivity index (χ1v) is 9.19. The van der Waals surface area contributed by atoms with Crippen molar-refractivity contribution in [1.82, 2.24) is 9.78 Å². The number of hydrogen-bond donors (Lipinski definition) is 1. The smallest absolute Gasteiger partial charge is 0.376 e. The van der Waals surface area contributed by atoms with Crippen LogP contribution in [-0.2, 0) is 12.1 Å². The van der Waals surface area contributed by atoms with Crippen LogP contribution >= 0.6 is 23.2 Å². The molecule has 0 aliphatic heterocycles. The lowest BCUT2D eigenvalue weighted by molar-refractivity contribution is -0.274. The van der Waals surface area contributed by atoms with Crippen molar-refractivity contribution in [1.29, 1.82) is 0 Å². The molecule has 148 valence electrons. The first-order valence-electron chi connectivity index (χ1n) is 8.44. The van der Waals surface area contributed by atoms with Gasteiger partial charge in [0.2, 0.25) is 0 Å². The predicted octanol–water partition coefficient (Wildman–Crippen LogP) is 5.79. The van der Waals surface area contributed by atoms with Crippen LogP contribution in [0.25, 0.3) is 0 Å². The van der Waals surface area contributed by atoms with Crippen LogP contribution in [0.15, 0.2) is 60.9 Å². The molecule has 0 radical (unpaired) electrons. The van der Waals surface area contributed by atoms with Crippen molar-refractivity contribution in [2.45, 2.75) is 31.2 Å². The predicted molar refractivity (Wildman–Crippen MR) is 103 cm³/mol. The van der Waals surface area contributed by atoms with Gasteiger partial charge in [0.15, 0.2) is 5.60 Å². The lowest BCUT2D eigenvalue weighted by Crippen LogP contribution is -2.46. The number of alkyl halides is 3. The average Bonchev–Trinajstić information content (AvgIpc) is 3.09. The molecule has 0 saturated heterocycles.